The number of benzene rings is 1. The van der Waals surface area contributed by atoms with Gasteiger partial charge in [-0.2, -0.15) is 0 Å². The minimum absolute atomic E-state index is 0.0334. The van der Waals surface area contributed by atoms with Crippen molar-refractivity contribution in [2.24, 2.45) is 5.92 Å². The third kappa shape index (κ3) is 4.13. The van der Waals surface area contributed by atoms with E-state index in [4.69, 9.17) is 4.74 Å². The number of carbonyl (C=O) groups is 1. The Labute approximate surface area is 122 Å². The Bertz CT molecular complexity index is 461. The molecule has 5 heteroatoms. The number of urea groups is 1. The first-order valence-corrected chi connectivity index (χ1v) is 7.21. The first-order chi connectivity index (χ1) is 9.10. The Morgan fingerprint density at radius 1 is 1.53 bits per heavy atom. The number of nitrogens with one attached hydrogen (secondary N) is 1. The number of hydrogen-bond donors (Lipinski definition) is 1. The number of amides is 2. The van der Waals surface area contributed by atoms with Gasteiger partial charge in [0.25, 0.3) is 0 Å². The topological polar surface area (TPSA) is 41.6 Å². The van der Waals surface area contributed by atoms with E-state index in [1.807, 2.05) is 18.2 Å². The zero-order valence-corrected chi connectivity index (χ0v) is 12.9. The summed E-state index contributed by atoms with van der Waals surface area (Å²) in [7, 11) is 3.43. The van der Waals surface area contributed by atoms with Gasteiger partial charge in [-0.25, -0.2) is 4.79 Å². The van der Waals surface area contributed by atoms with Crippen LogP contribution in [0, 0.1) is 5.92 Å². The average Bonchev–Trinajstić information content (AvgIpc) is 3.20. The molecule has 1 aliphatic rings. The molecule has 1 N–H and O–H groups in total. The number of ether oxygens (including phenoxy) is 1. The minimum Gasteiger partial charge on any atom is -0.496 e. The Morgan fingerprint density at radius 3 is 2.89 bits per heavy atom. The molecule has 0 bridgehead atoms. The quantitative estimate of drug-likeness (QED) is 0.903. The predicted molar refractivity (Wildman–Crippen MR) is 78.3 cm³/mol. The summed E-state index contributed by atoms with van der Waals surface area (Å²) < 4.78 is 6.29. The van der Waals surface area contributed by atoms with Crippen LogP contribution in [0.4, 0.5) is 4.79 Å². The number of halogens is 1. The Hall–Kier alpha value is -1.23. The highest BCUT2D eigenvalue weighted by Crippen LogP contribution is 2.27. The van der Waals surface area contributed by atoms with Crippen molar-refractivity contribution in [3.63, 3.8) is 0 Å². The predicted octanol–water partition coefficient (Wildman–Crippen LogP) is 3.01. The molecule has 4 nitrogen and oxygen atoms in total. The van der Waals surface area contributed by atoms with Gasteiger partial charge in [0.1, 0.15) is 5.75 Å². The van der Waals surface area contributed by atoms with Crippen LogP contribution in [0.3, 0.4) is 0 Å². The Morgan fingerprint density at radius 2 is 2.26 bits per heavy atom. The number of nitrogens with zero attached hydrogens (tertiary/aromatic N) is 1. The Balaban J connectivity index is 1.94. The molecule has 1 aliphatic carbocycles. The van der Waals surface area contributed by atoms with Crippen LogP contribution in [0.15, 0.2) is 22.7 Å². The molecule has 0 unspecified atom stereocenters. The van der Waals surface area contributed by atoms with Gasteiger partial charge in [0, 0.05) is 23.6 Å². The molecule has 0 aromatic heterocycles. The maximum absolute atomic E-state index is 11.9. The number of carbonyl (C=O) groups excluding carboxylic acids is 1. The zero-order chi connectivity index (χ0) is 13.8. The standard InChI is InChI=1S/C14H19BrN2O2/c1-17(14(18)16-8-10-3-4-10)9-11-7-12(15)5-6-13(11)19-2/h5-7,10H,3-4,8-9H2,1-2H3,(H,16,18). The zero-order valence-electron chi connectivity index (χ0n) is 11.3. The second-order valence-electron chi connectivity index (χ2n) is 4.94. The normalized spacial score (nSPS) is 14.1. The highest BCUT2D eigenvalue weighted by Gasteiger charge is 2.22. The fraction of sp³-hybridized carbons (Fsp3) is 0.500. The smallest absolute Gasteiger partial charge is 0.317 e. The molecule has 0 atom stereocenters. The molecule has 2 rings (SSSR count). The van der Waals surface area contributed by atoms with Gasteiger partial charge in [-0.05, 0) is 37.0 Å². The van der Waals surface area contributed by atoms with Crippen LogP contribution in [0.2, 0.25) is 0 Å². The summed E-state index contributed by atoms with van der Waals surface area (Å²) in [4.78, 5) is 13.6. The second-order valence-corrected chi connectivity index (χ2v) is 5.86. The van der Waals surface area contributed by atoms with E-state index in [2.05, 4.69) is 21.2 Å². The van der Waals surface area contributed by atoms with Crippen molar-refractivity contribution in [1.82, 2.24) is 10.2 Å². The molecule has 0 heterocycles. The van der Waals surface area contributed by atoms with Crippen LogP contribution in [0.5, 0.6) is 5.75 Å². The van der Waals surface area contributed by atoms with Crippen LogP contribution in [-0.2, 0) is 6.54 Å². The van der Waals surface area contributed by atoms with Gasteiger partial charge in [-0.3, -0.25) is 0 Å². The van der Waals surface area contributed by atoms with Gasteiger partial charge in [-0.1, -0.05) is 15.9 Å². The third-order valence-electron chi connectivity index (χ3n) is 3.24. The van der Waals surface area contributed by atoms with Gasteiger partial charge in [0.15, 0.2) is 0 Å². The monoisotopic (exact) mass is 326 g/mol. The summed E-state index contributed by atoms with van der Waals surface area (Å²) in [6.45, 7) is 1.32. The summed E-state index contributed by atoms with van der Waals surface area (Å²) in [5.74, 6) is 1.49. The minimum atomic E-state index is -0.0334. The molecule has 0 saturated heterocycles. The number of hydrogen-bond acceptors (Lipinski definition) is 2. The molecule has 104 valence electrons. The van der Waals surface area contributed by atoms with Crippen molar-refractivity contribution in [2.75, 3.05) is 20.7 Å². The largest absolute Gasteiger partial charge is 0.496 e. The summed E-state index contributed by atoms with van der Waals surface area (Å²) in [5.41, 5.74) is 0.987. The number of rotatable bonds is 5. The molecule has 1 fully saturated rings. The summed E-state index contributed by atoms with van der Waals surface area (Å²) >= 11 is 3.44. The van der Waals surface area contributed by atoms with Crippen molar-refractivity contribution in [1.29, 1.82) is 0 Å². The molecular formula is C14H19BrN2O2. The van der Waals surface area contributed by atoms with Gasteiger partial charge in [0.05, 0.1) is 13.7 Å². The van der Waals surface area contributed by atoms with Gasteiger partial charge < -0.3 is 15.0 Å². The van der Waals surface area contributed by atoms with E-state index in [1.54, 1.807) is 19.1 Å². The highest BCUT2D eigenvalue weighted by molar-refractivity contribution is 9.10. The first kappa shape index (κ1) is 14.2. The molecule has 1 aromatic carbocycles. The molecule has 0 spiro atoms. The van der Waals surface area contributed by atoms with Crippen LogP contribution in [0.25, 0.3) is 0 Å². The average molecular weight is 327 g/mol. The summed E-state index contributed by atoms with van der Waals surface area (Å²) in [6, 6.07) is 5.77. The maximum Gasteiger partial charge on any atom is 0.317 e. The lowest BCUT2D eigenvalue weighted by atomic mass is 10.2. The van der Waals surface area contributed by atoms with Crippen molar-refractivity contribution >= 4 is 22.0 Å². The fourth-order valence-electron chi connectivity index (χ4n) is 1.89. The van der Waals surface area contributed by atoms with E-state index in [-0.39, 0.29) is 6.03 Å². The van der Waals surface area contributed by atoms with Crippen molar-refractivity contribution in [3.05, 3.63) is 28.2 Å². The van der Waals surface area contributed by atoms with Crippen molar-refractivity contribution in [3.8, 4) is 5.75 Å². The van der Waals surface area contributed by atoms with E-state index >= 15 is 0 Å². The van der Waals surface area contributed by atoms with Gasteiger partial charge >= 0.3 is 6.03 Å². The fourth-order valence-corrected chi connectivity index (χ4v) is 2.30. The Kier molecular flexibility index (Phi) is 4.69. The lowest BCUT2D eigenvalue weighted by Gasteiger charge is -2.19. The highest BCUT2D eigenvalue weighted by atomic mass is 79.9. The molecule has 0 aliphatic heterocycles. The van der Waals surface area contributed by atoms with Crippen molar-refractivity contribution in [2.45, 2.75) is 19.4 Å². The SMILES string of the molecule is COc1ccc(Br)cc1CN(C)C(=O)NCC1CC1. The van der Waals surface area contributed by atoms with Gasteiger partial charge in [-0.15, -0.1) is 0 Å². The van der Waals surface area contributed by atoms with E-state index < -0.39 is 0 Å². The maximum atomic E-state index is 11.9. The van der Waals surface area contributed by atoms with Crippen molar-refractivity contribution < 1.29 is 9.53 Å². The van der Waals surface area contributed by atoms with Crippen LogP contribution in [0.1, 0.15) is 18.4 Å². The molecule has 2 amide bonds. The second kappa shape index (κ2) is 6.28. The van der Waals surface area contributed by atoms with E-state index in [1.165, 1.54) is 12.8 Å². The van der Waals surface area contributed by atoms with E-state index in [0.717, 1.165) is 22.3 Å². The van der Waals surface area contributed by atoms with Crippen LogP contribution in [-0.4, -0.2) is 31.6 Å². The third-order valence-corrected chi connectivity index (χ3v) is 3.73. The lowest BCUT2D eigenvalue weighted by molar-refractivity contribution is 0.206. The molecular weight excluding hydrogens is 308 g/mol. The van der Waals surface area contributed by atoms with E-state index in [9.17, 15) is 4.79 Å². The summed E-state index contributed by atoms with van der Waals surface area (Å²) in [6.07, 6.45) is 2.48. The molecule has 19 heavy (non-hydrogen) atoms. The first-order valence-electron chi connectivity index (χ1n) is 6.41. The van der Waals surface area contributed by atoms with E-state index in [0.29, 0.717) is 12.5 Å². The molecule has 0 radical (unpaired) electrons. The molecule has 1 saturated carbocycles. The lowest BCUT2D eigenvalue weighted by Crippen LogP contribution is -2.37. The number of methoxy groups -OCH3 is 1. The van der Waals surface area contributed by atoms with Gasteiger partial charge in [0.2, 0.25) is 0 Å². The molecule has 1 aromatic rings. The van der Waals surface area contributed by atoms with Crippen LogP contribution >= 0.6 is 15.9 Å². The van der Waals surface area contributed by atoms with Crippen LogP contribution < -0.4 is 10.1 Å². The summed E-state index contributed by atoms with van der Waals surface area (Å²) in [5, 5.41) is 2.95.